The minimum atomic E-state index is -1.38. The highest BCUT2D eigenvalue weighted by Crippen LogP contribution is 2.39. The van der Waals surface area contributed by atoms with Gasteiger partial charge in [0.15, 0.2) is 5.54 Å². The number of hydrogen-bond acceptors (Lipinski definition) is 5. The number of piperidine rings is 1. The maximum Gasteiger partial charge on any atom is 0.337 e. The molecule has 1 aliphatic rings. The van der Waals surface area contributed by atoms with E-state index in [2.05, 4.69) is 0 Å². The fourth-order valence-corrected chi connectivity index (χ4v) is 3.61. The summed E-state index contributed by atoms with van der Waals surface area (Å²) in [5, 5.41) is 10.3. The first-order valence-electron chi connectivity index (χ1n) is 9.03. The third kappa shape index (κ3) is 3.86. The maximum absolute atomic E-state index is 13.3. The molecule has 0 bridgehead atoms. The van der Waals surface area contributed by atoms with Crippen molar-refractivity contribution < 1.29 is 19.4 Å². The molecular formula is C21H24N2O4. The van der Waals surface area contributed by atoms with Gasteiger partial charge in [-0.1, -0.05) is 60.7 Å². The SMILES string of the molecule is NCC(=O)N1CCC(O)CC1(C(=O)OCc1ccccc1)c1ccccc1. The summed E-state index contributed by atoms with van der Waals surface area (Å²) in [6.45, 7) is 0.123. The summed E-state index contributed by atoms with van der Waals surface area (Å²) >= 11 is 0. The zero-order valence-corrected chi connectivity index (χ0v) is 15.1. The highest BCUT2D eigenvalue weighted by atomic mass is 16.5. The van der Waals surface area contributed by atoms with E-state index in [-0.39, 0.29) is 32.0 Å². The van der Waals surface area contributed by atoms with Gasteiger partial charge >= 0.3 is 5.97 Å². The predicted octanol–water partition coefficient (Wildman–Crippen LogP) is 1.57. The van der Waals surface area contributed by atoms with Crippen LogP contribution >= 0.6 is 0 Å². The van der Waals surface area contributed by atoms with E-state index in [1.54, 1.807) is 24.3 Å². The van der Waals surface area contributed by atoms with E-state index in [1.807, 2.05) is 36.4 Å². The third-order valence-corrected chi connectivity index (χ3v) is 4.96. The minimum Gasteiger partial charge on any atom is -0.459 e. The number of rotatable bonds is 5. The molecule has 0 spiro atoms. The fraction of sp³-hybridized carbons (Fsp3) is 0.333. The second kappa shape index (κ2) is 8.33. The first-order valence-corrected chi connectivity index (χ1v) is 9.03. The molecule has 2 aromatic rings. The van der Waals surface area contributed by atoms with Crippen LogP contribution in [0.5, 0.6) is 0 Å². The Kier molecular flexibility index (Phi) is 5.88. The van der Waals surface area contributed by atoms with Gasteiger partial charge in [0.2, 0.25) is 5.91 Å². The first-order chi connectivity index (χ1) is 13.1. The second-order valence-electron chi connectivity index (χ2n) is 6.68. The van der Waals surface area contributed by atoms with Gasteiger partial charge in [-0.15, -0.1) is 0 Å². The normalized spacial score (nSPS) is 22.3. The second-order valence-corrected chi connectivity index (χ2v) is 6.68. The zero-order chi connectivity index (χ0) is 19.3. The van der Waals surface area contributed by atoms with Crippen LogP contribution in [0.15, 0.2) is 60.7 Å². The fourth-order valence-electron chi connectivity index (χ4n) is 3.61. The Morgan fingerprint density at radius 3 is 2.37 bits per heavy atom. The van der Waals surface area contributed by atoms with Crippen molar-refractivity contribution in [2.75, 3.05) is 13.1 Å². The lowest BCUT2D eigenvalue weighted by molar-refractivity contribution is -0.173. The zero-order valence-electron chi connectivity index (χ0n) is 15.1. The molecule has 1 saturated heterocycles. The van der Waals surface area contributed by atoms with Gasteiger partial charge in [-0.25, -0.2) is 4.79 Å². The number of carbonyl (C=O) groups is 2. The molecule has 0 aromatic heterocycles. The van der Waals surface area contributed by atoms with Gasteiger partial charge < -0.3 is 20.5 Å². The quantitative estimate of drug-likeness (QED) is 0.782. The first kappa shape index (κ1) is 19.1. The predicted molar refractivity (Wildman–Crippen MR) is 100 cm³/mol. The van der Waals surface area contributed by atoms with Crippen molar-refractivity contribution >= 4 is 11.9 Å². The number of aliphatic hydroxyl groups is 1. The molecule has 0 saturated carbocycles. The number of hydrogen-bond donors (Lipinski definition) is 2. The Morgan fingerprint density at radius 2 is 1.74 bits per heavy atom. The van der Waals surface area contributed by atoms with E-state index in [1.165, 1.54) is 4.90 Å². The standard InChI is InChI=1S/C21H24N2O4/c22-14-19(25)23-12-11-18(24)13-21(23,17-9-5-2-6-10-17)20(26)27-15-16-7-3-1-4-8-16/h1-10,18,24H,11-15,22H2. The van der Waals surface area contributed by atoms with Crippen LogP contribution in [0.1, 0.15) is 24.0 Å². The molecule has 0 aliphatic carbocycles. The topological polar surface area (TPSA) is 92.9 Å². The molecule has 6 nitrogen and oxygen atoms in total. The van der Waals surface area contributed by atoms with Gasteiger partial charge in [0, 0.05) is 13.0 Å². The summed E-state index contributed by atoms with van der Waals surface area (Å²) in [6, 6.07) is 18.3. The summed E-state index contributed by atoms with van der Waals surface area (Å²) in [5.41, 5.74) is 5.67. The van der Waals surface area contributed by atoms with Gasteiger partial charge in [0.25, 0.3) is 0 Å². The monoisotopic (exact) mass is 368 g/mol. The highest BCUT2D eigenvalue weighted by molar-refractivity contribution is 5.90. The number of amides is 1. The van der Waals surface area contributed by atoms with E-state index < -0.39 is 17.6 Å². The van der Waals surface area contributed by atoms with Crippen LogP contribution in [0.4, 0.5) is 0 Å². The Balaban J connectivity index is 1.98. The van der Waals surface area contributed by atoms with E-state index in [0.29, 0.717) is 12.0 Å². The van der Waals surface area contributed by atoms with Gasteiger partial charge in [0.05, 0.1) is 12.6 Å². The van der Waals surface area contributed by atoms with Crippen molar-refractivity contribution in [1.82, 2.24) is 4.90 Å². The third-order valence-electron chi connectivity index (χ3n) is 4.96. The molecule has 1 aliphatic heterocycles. The van der Waals surface area contributed by atoms with Crippen LogP contribution in [0, 0.1) is 0 Å². The lowest BCUT2D eigenvalue weighted by Gasteiger charge is -2.46. The average Bonchev–Trinajstić information content (AvgIpc) is 2.72. The molecule has 142 valence electrons. The lowest BCUT2D eigenvalue weighted by atomic mass is 9.79. The van der Waals surface area contributed by atoms with Crippen molar-refractivity contribution in [1.29, 1.82) is 0 Å². The molecule has 1 heterocycles. The summed E-state index contributed by atoms with van der Waals surface area (Å²) < 4.78 is 5.61. The van der Waals surface area contributed by atoms with Crippen molar-refractivity contribution in [3.8, 4) is 0 Å². The Bertz CT molecular complexity index is 781. The van der Waals surface area contributed by atoms with Crippen LogP contribution in [0.25, 0.3) is 0 Å². The molecule has 3 rings (SSSR count). The smallest absolute Gasteiger partial charge is 0.337 e. The lowest BCUT2D eigenvalue weighted by Crippen LogP contribution is -2.61. The van der Waals surface area contributed by atoms with Crippen LogP contribution < -0.4 is 5.73 Å². The number of likely N-dealkylation sites (tertiary alicyclic amines) is 1. The van der Waals surface area contributed by atoms with Crippen LogP contribution in [0.3, 0.4) is 0 Å². The summed E-state index contributed by atoms with van der Waals surface area (Å²) in [6.07, 6.45) is -0.237. The van der Waals surface area contributed by atoms with Crippen LogP contribution in [-0.2, 0) is 26.5 Å². The molecule has 2 unspecified atom stereocenters. The summed E-state index contributed by atoms with van der Waals surface area (Å²) in [7, 11) is 0. The minimum absolute atomic E-state index is 0.0797. The number of esters is 1. The summed E-state index contributed by atoms with van der Waals surface area (Å²) in [5.74, 6) is -0.902. The highest BCUT2D eigenvalue weighted by Gasteiger charge is 2.52. The molecule has 2 aromatic carbocycles. The Hall–Kier alpha value is -2.70. The number of nitrogens with two attached hydrogens (primary N) is 1. The van der Waals surface area contributed by atoms with E-state index in [0.717, 1.165) is 5.56 Å². The molecule has 27 heavy (non-hydrogen) atoms. The average molecular weight is 368 g/mol. The number of aliphatic hydroxyl groups excluding tert-OH is 1. The van der Waals surface area contributed by atoms with Crippen molar-refractivity contribution in [3.63, 3.8) is 0 Å². The number of nitrogens with zero attached hydrogens (tertiary/aromatic N) is 1. The van der Waals surface area contributed by atoms with Gasteiger partial charge in [-0.05, 0) is 17.5 Å². The van der Waals surface area contributed by atoms with Crippen LogP contribution in [-0.4, -0.2) is 41.1 Å². The molecule has 6 heteroatoms. The molecule has 3 N–H and O–H groups in total. The van der Waals surface area contributed by atoms with Gasteiger partial charge in [0.1, 0.15) is 6.61 Å². The molecule has 1 fully saturated rings. The Morgan fingerprint density at radius 1 is 1.11 bits per heavy atom. The van der Waals surface area contributed by atoms with E-state index >= 15 is 0 Å². The van der Waals surface area contributed by atoms with Crippen LogP contribution in [0.2, 0.25) is 0 Å². The summed E-state index contributed by atoms with van der Waals surface area (Å²) in [4.78, 5) is 27.3. The maximum atomic E-state index is 13.3. The van der Waals surface area contributed by atoms with Crippen molar-refractivity contribution in [3.05, 3.63) is 71.8 Å². The van der Waals surface area contributed by atoms with Crippen molar-refractivity contribution in [2.24, 2.45) is 5.73 Å². The molecule has 0 radical (unpaired) electrons. The van der Waals surface area contributed by atoms with Crippen molar-refractivity contribution in [2.45, 2.75) is 31.1 Å². The number of ether oxygens (including phenoxy) is 1. The largest absolute Gasteiger partial charge is 0.459 e. The van der Waals surface area contributed by atoms with Gasteiger partial charge in [-0.2, -0.15) is 0 Å². The molecule has 2 atom stereocenters. The van der Waals surface area contributed by atoms with E-state index in [9.17, 15) is 14.7 Å². The number of benzene rings is 2. The molecular weight excluding hydrogens is 344 g/mol. The van der Waals surface area contributed by atoms with Gasteiger partial charge in [-0.3, -0.25) is 4.79 Å². The number of carbonyl (C=O) groups excluding carboxylic acids is 2. The van der Waals surface area contributed by atoms with E-state index in [4.69, 9.17) is 10.5 Å². The molecule has 1 amide bonds. The Labute approximate surface area is 158 Å².